The summed E-state index contributed by atoms with van der Waals surface area (Å²) in [4.78, 5) is 0. The van der Waals surface area contributed by atoms with Gasteiger partial charge in [0, 0.05) is 11.1 Å². The van der Waals surface area contributed by atoms with Crippen molar-refractivity contribution in [3.63, 3.8) is 0 Å². The maximum absolute atomic E-state index is 9.92. The highest BCUT2D eigenvalue weighted by atomic mass is 16.3. The molecule has 2 nitrogen and oxygen atoms in total. The molecule has 2 aliphatic carbocycles. The summed E-state index contributed by atoms with van der Waals surface area (Å²) < 4.78 is 0. The van der Waals surface area contributed by atoms with Gasteiger partial charge in [-0.05, 0) is 24.3 Å². The van der Waals surface area contributed by atoms with Gasteiger partial charge >= 0.3 is 0 Å². The van der Waals surface area contributed by atoms with Crippen molar-refractivity contribution < 1.29 is 5.11 Å². The van der Waals surface area contributed by atoms with Gasteiger partial charge in [-0.15, -0.1) is 0 Å². The van der Waals surface area contributed by atoms with Crippen LogP contribution in [0.25, 0.3) is 0 Å². The van der Waals surface area contributed by atoms with Crippen molar-refractivity contribution in [2.24, 2.45) is 17.6 Å². The molecular weight excluding hydrogens is 210 g/mol. The summed E-state index contributed by atoms with van der Waals surface area (Å²) in [6, 6.07) is 7.57. The molecular formula is C15H21NO. The number of benzene rings is 1. The van der Waals surface area contributed by atoms with Crippen LogP contribution in [-0.2, 0) is 5.54 Å². The molecule has 2 saturated carbocycles. The zero-order chi connectivity index (χ0) is 11.9. The van der Waals surface area contributed by atoms with Crippen LogP contribution in [0.5, 0.6) is 5.75 Å². The van der Waals surface area contributed by atoms with Gasteiger partial charge in [0.1, 0.15) is 5.75 Å². The van der Waals surface area contributed by atoms with Crippen molar-refractivity contribution >= 4 is 0 Å². The average Bonchev–Trinajstić information content (AvgIpc) is 3.04. The van der Waals surface area contributed by atoms with Crippen LogP contribution < -0.4 is 5.73 Å². The molecule has 17 heavy (non-hydrogen) atoms. The van der Waals surface area contributed by atoms with Gasteiger partial charge in [-0.1, -0.05) is 50.3 Å². The zero-order valence-corrected chi connectivity index (χ0v) is 10.2. The van der Waals surface area contributed by atoms with E-state index in [0.717, 1.165) is 17.9 Å². The van der Waals surface area contributed by atoms with Crippen LogP contribution in [0.1, 0.15) is 44.1 Å². The molecule has 1 aromatic carbocycles. The first-order valence-electron chi connectivity index (χ1n) is 6.79. The third-order valence-corrected chi connectivity index (χ3v) is 4.68. The number of nitrogens with two attached hydrogens (primary N) is 1. The molecule has 2 unspecified atom stereocenters. The van der Waals surface area contributed by atoms with Gasteiger partial charge in [0.25, 0.3) is 0 Å². The van der Waals surface area contributed by atoms with E-state index >= 15 is 0 Å². The van der Waals surface area contributed by atoms with Crippen molar-refractivity contribution in [3.05, 3.63) is 29.8 Å². The Hall–Kier alpha value is -1.02. The summed E-state index contributed by atoms with van der Waals surface area (Å²) in [5.74, 6) is 1.75. The van der Waals surface area contributed by atoms with Crippen molar-refractivity contribution in [1.29, 1.82) is 0 Å². The molecule has 0 spiro atoms. The smallest absolute Gasteiger partial charge is 0.120 e. The maximum Gasteiger partial charge on any atom is 0.120 e. The van der Waals surface area contributed by atoms with Crippen molar-refractivity contribution in [1.82, 2.24) is 0 Å². The van der Waals surface area contributed by atoms with Crippen LogP contribution >= 0.6 is 0 Å². The summed E-state index contributed by atoms with van der Waals surface area (Å²) in [6.45, 7) is 0. The molecule has 0 amide bonds. The summed E-state index contributed by atoms with van der Waals surface area (Å²) in [7, 11) is 0. The van der Waals surface area contributed by atoms with Crippen molar-refractivity contribution in [3.8, 4) is 5.75 Å². The molecule has 0 bridgehead atoms. The van der Waals surface area contributed by atoms with E-state index in [2.05, 4.69) is 0 Å². The monoisotopic (exact) mass is 231 g/mol. The van der Waals surface area contributed by atoms with E-state index < -0.39 is 0 Å². The van der Waals surface area contributed by atoms with Crippen LogP contribution in [0.2, 0.25) is 0 Å². The van der Waals surface area contributed by atoms with E-state index in [1.165, 1.54) is 32.1 Å². The van der Waals surface area contributed by atoms with Gasteiger partial charge in [-0.3, -0.25) is 0 Å². The predicted molar refractivity (Wildman–Crippen MR) is 68.7 cm³/mol. The third-order valence-electron chi connectivity index (χ3n) is 4.68. The van der Waals surface area contributed by atoms with Gasteiger partial charge < -0.3 is 10.8 Å². The SMILES string of the molecule is NC1(c2ccccc2O)CC1C1CCCCC1. The molecule has 2 fully saturated rings. The van der Waals surface area contributed by atoms with Crippen LogP contribution in [0.3, 0.4) is 0 Å². The van der Waals surface area contributed by atoms with Gasteiger partial charge in [-0.25, -0.2) is 0 Å². The highest BCUT2D eigenvalue weighted by Crippen LogP contribution is 2.58. The Balaban J connectivity index is 1.79. The Bertz CT molecular complexity index is 411. The third kappa shape index (κ3) is 1.85. The number of rotatable bonds is 2. The first-order chi connectivity index (χ1) is 8.22. The van der Waals surface area contributed by atoms with E-state index in [9.17, 15) is 5.11 Å². The molecule has 0 saturated heterocycles. The summed E-state index contributed by atoms with van der Waals surface area (Å²) in [5.41, 5.74) is 7.20. The number of phenols is 1. The molecule has 2 aliphatic rings. The van der Waals surface area contributed by atoms with E-state index in [4.69, 9.17) is 5.73 Å². The largest absolute Gasteiger partial charge is 0.508 e. The van der Waals surface area contributed by atoms with Gasteiger partial charge in [-0.2, -0.15) is 0 Å². The second kappa shape index (κ2) is 4.02. The highest BCUT2D eigenvalue weighted by Gasteiger charge is 2.56. The Labute approximate surface area is 103 Å². The van der Waals surface area contributed by atoms with Crippen LogP contribution in [0, 0.1) is 11.8 Å². The number of aromatic hydroxyl groups is 1. The number of phenolic OH excluding ortho intramolecular Hbond substituents is 1. The molecule has 3 N–H and O–H groups in total. The zero-order valence-electron chi connectivity index (χ0n) is 10.2. The molecule has 1 aromatic rings. The molecule has 3 rings (SSSR count). The average molecular weight is 231 g/mol. The molecule has 0 heterocycles. The lowest BCUT2D eigenvalue weighted by molar-refractivity contribution is 0.300. The summed E-state index contributed by atoms with van der Waals surface area (Å²) in [6.07, 6.45) is 7.82. The minimum atomic E-state index is -0.243. The quantitative estimate of drug-likeness (QED) is 0.821. The van der Waals surface area contributed by atoms with E-state index in [0.29, 0.717) is 11.7 Å². The van der Waals surface area contributed by atoms with Gasteiger partial charge in [0.2, 0.25) is 0 Å². The fraction of sp³-hybridized carbons (Fsp3) is 0.600. The fourth-order valence-corrected chi connectivity index (χ4v) is 3.61. The Morgan fingerprint density at radius 3 is 2.53 bits per heavy atom. The van der Waals surface area contributed by atoms with Crippen LogP contribution in [0.15, 0.2) is 24.3 Å². The van der Waals surface area contributed by atoms with E-state index in [1.54, 1.807) is 6.07 Å². The second-order valence-electron chi connectivity index (χ2n) is 5.77. The minimum Gasteiger partial charge on any atom is -0.508 e. The number of hydrogen-bond acceptors (Lipinski definition) is 2. The number of para-hydroxylation sites is 1. The normalized spacial score (nSPS) is 33.6. The molecule has 0 aliphatic heterocycles. The summed E-state index contributed by atoms with van der Waals surface area (Å²) in [5, 5.41) is 9.92. The number of hydrogen-bond donors (Lipinski definition) is 2. The van der Waals surface area contributed by atoms with Gasteiger partial charge in [0.15, 0.2) is 0 Å². The minimum absolute atomic E-state index is 0.243. The first-order valence-corrected chi connectivity index (χ1v) is 6.79. The van der Waals surface area contributed by atoms with Crippen molar-refractivity contribution in [2.45, 2.75) is 44.1 Å². The first kappa shape index (κ1) is 11.1. The molecule has 2 heteroatoms. The standard InChI is InChI=1S/C15H21NO/c16-15(12-8-4-5-9-14(12)17)10-13(15)11-6-2-1-3-7-11/h4-5,8-9,11,13,17H,1-3,6-7,10,16H2. The lowest BCUT2D eigenvalue weighted by atomic mass is 9.83. The van der Waals surface area contributed by atoms with Crippen LogP contribution in [-0.4, -0.2) is 5.11 Å². The second-order valence-corrected chi connectivity index (χ2v) is 5.77. The predicted octanol–water partition coefficient (Wildman–Crippen LogP) is 3.15. The molecule has 0 radical (unpaired) electrons. The van der Waals surface area contributed by atoms with Crippen LogP contribution in [0.4, 0.5) is 0 Å². The Morgan fingerprint density at radius 2 is 1.82 bits per heavy atom. The fourth-order valence-electron chi connectivity index (χ4n) is 3.61. The van der Waals surface area contributed by atoms with Crippen molar-refractivity contribution in [2.75, 3.05) is 0 Å². The molecule has 92 valence electrons. The van der Waals surface area contributed by atoms with E-state index in [-0.39, 0.29) is 5.54 Å². The summed E-state index contributed by atoms with van der Waals surface area (Å²) >= 11 is 0. The Kier molecular flexibility index (Phi) is 2.62. The maximum atomic E-state index is 9.92. The van der Waals surface area contributed by atoms with Gasteiger partial charge in [0.05, 0.1) is 0 Å². The molecule has 2 atom stereocenters. The lowest BCUT2D eigenvalue weighted by Crippen LogP contribution is -2.26. The van der Waals surface area contributed by atoms with E-state index in [1.807, 2.05) is 18.2 Å². The Morgan fingerprint density at radius 1 is 1.12 bits per heavy atom. The lowest BCUT2D eigenvalue weighted by Gasteiger charge is -2.24. The topological polar surface area (TPSA) is 46.2 Å². The molecule has 0 aromatic heterocycles. The highest BCUT2D eigenvalue weighted by molar-refractivity contribution is 5.42.